The monoisotopic (exact) mass is 202 g/mol. The van der Waals surface area contributed by atoms with Gasteiger partial charge in [0.05, 0.1) is 6.07 Å². The normalized spacial score (nSPS) is 13.8. The Balaban J connectivity index is 4.18. The van der Waals surface area contributed by atoms with Gasteiger partial charge in [-0.05, 0) is 27.7 Å². The molecule has 0 radical (unpaired) electrons. The van der Waals surface area contributed by atoms with E-state index < -0.39 is 0 Å². The summed E-state index contributed by atoms with van der Waals surface area (Å²) >= 11 is 0. The summed E-state index contributed by atoms with van der Waals surface area (Å²) in [6, 6.07) is 2.99. The van der Waals surface area contributed by atoms with Crippen LogP contribution in [0.1, 0.15) is 27.7 Å². The van der Waals surface area contributed by atoms with E-state index in [2.05, 4.69) is 48.1 Å². The second kappa shape index (κ2) is 6.32. The van der Waals surface area contributed by atoms with Gasteiger partial charge in [0.15, 0.2) is 6.10 Å². The number of hydrogen-bond acceptors (Lipinski definition) is 3. The lowest BCUT2D eigenvalue weighted by atomic mass is 10.2. The SMILES string of the molecule is CC(C)N(CC(C#N)OP)C(C)C. The van der Waals surface area contributed by atoms with E-state index in [4.69, 9.17) is 9.79 Å². The zero-order valence-electron chi connectivity index (χ0n) is 8.82. The molecule has 0 aliphatic carbocycles. The molecule has 0 heterocycles. The van der Waals surface area contributed by atoms with Crippen LogP contribution in [0, 0.1) is 11.3 Å². The van der Waals surface area contributed by atoms with Crippen molar-refractivity contribution in [3.8, 4) is 6.07 Å². The zero-order chi connectivity index (χ0) is 10.4. The van der Waals surface area contributed by atoms with E-state index in [1.807, 2.05) is 0 Å². The molecule has 3 nitrogen and oxygen atoms in total. The van der Waals surface area contributed by atoms with Crippen molar-refractivity contribution in [3.63, 3.8) is 0 Å². The van der Waals surface area contributed by atoms with Gasteiger partial charge in [-0.2, -0.15) is 5.26 Å². The maximum Gasteiger partial charge on any atom is 0.160 e. The van der Waals surface area contributed by atoms with Crippen molar-refractivity contribution in [1.82, 2.24) is 4.90 Å². The highest BCUT2D eigenvalue weighted by Gasteiger charge is 2.18. The first-order valence-electron chi connectivity index (χ1n) is 4.53. The molecule has 13 heavy (non-hydrogen) atoms. The first-order valence-corrected chi connectivity index (χ1v) is 5.01. The van der Waals surface area contributed by atoms with E-state index in [1.165, 1.54) is 0 Å². The Kier molecular flexibility index (Phi) is 6.24. The number of rotatable bonds is 5. The molecule has 0 saturated carbocycles. The van der Waals surface area contributed by atoms with Crippen LogP contribution in [0.25, 0.3) is 0 Å². The van der Waals surface area contributed by atoms with Gasteiger partial charge in [0.1, 0.15) is 0 Å². The number of nitriles is 1. The van der Waals surface area contributed by atoms with Crippen LogP contribution in [0.15, 0.2) is 0 Å². The summed E-state index contributed by atoms with van der Waals surface area (Å²) in [4.78, 5) is 2.23. The molecule has 0 bridgehead atoms. The molecule has 2 atom stereocenters. The Morgan fingerprint density at radius 3 is 2.00 bits per heavy atom. The average Bonchev–Trinajstić information content (AvgIpc) is 2.05. The van der Waals surface area contributed by atoms with Crippen molar-refractivity contribution >= 4 is 9.47 Å². The Labute approximate surface area is 83.3 Å². The summed E-state index contributed by atoms with van der Waals surface area (Å²) in [6.45, 7) is 9.15. The van der Waals surface area contributed by atoms with Crippen molar-refractivity contribution in [2.75, 3.05) is 6.54 Å². The molecule has 0 aliphatic rings. The fraction of sp³-hybridized carbons (Fsp3) is 0.889. The second-order valence-electron chi connectivity index (χ2n) is 3.64. The van der Waals surface area contributed by atoms with Crippen molar-refractivity contribution in [3.05, 3.63) is 0 Å². The predicted octanol–water partition coefficient (Wildman–Crippen LogP) is 1.80. The largest absolute Gasteiger partial charge is 0.346 e. The fourth-order valence-corrected chi connectivity index (χ4v) is 1.47. The molecule has 4 heteroatoms. The van der Waals surface area contributed by atoms with Crippen molar-refractivity contribution < 1.29 is 4.52 Å². The molecule has 0 amide bonds. The van der Waals surface area contributed by atoms with E-state index in [0.717, 1.165) is 0 Å². The predicted molar refractivity (Wildman–Crippen MR) is 57.2 cm³/mol. The van der Waals surface area contributed by atoms with Gasteiger partial charge >= 0.3 is 0 Å². The lowest BCUT2D eigenvalue weighted by Gasteiger charge is -2.31. The summed E-state index contributed by atoms with van der Waals surface area (Å²) in [5.41, 5.74) is 0. The standard InChI is InChI=1S/C9H19N2OP/c1-7(2)11(8(3)4)6-9(5-10)12-13/h7-9H,6,13H2,1-4H3. The average molecular weight is 202 g/mol. The molecule has 0 aromatic heterocycles. The molecule has 0 aromatic carbocycles. The number of hydrogen-bond donors (Lipinski definition) is 0. The highest BCUT2D eigenvalue weighted by atomic mass is 31.0. The third-order valence-electron chi connectivity index (χ3n) is 2.01. The van der Waals surface area contributed by atoms with E-state index in [-0.39, 0.29) is 6.10 Å². The summed E-state index contributed by atoms with van der Waals surface area (Å²) in [7, 11) is 2.14. The van der Waals surface area contributed by atoms with Gasteiger partial charge in [-0.3, -0.25) is 4.90 Å². The minimum Gasteiger partial charge on any atom is -0.346 e. The topological polar surface area (TPSA) is 36.3 Å². The quantitative estimate of drug-likeness (QED) is 0.638. The fourth-order valence-electron chi connectivity index (χ4n) is 1.32. The molecular weight excluding hydrogens is 183 g/mol. The van der Waals surface area contributed by atoms with Crippen molar-refractivity contribution in [2.24, 2.45) is 0 Å². The van der Waals surface area contributed by atoms with Crippen LogP contribution in [0.3, 0.4) is 0 Å². The van der Waals surface area contributed by atoms with E-state index in [1.54, 1.807) is 0 Å². The van der Waals surface area contributed by atoms with Crippen LogP contribution in [0.5, 0.6) is 0 Å². The van der Waals surface area contributed by atoms with Crippen molar-refractivity contribution in [1.29, 1.82) is 5.26 Å². The van der Waals surface area contributed by atoms with Crippen LogP contribution in [-0.2, 0) is 4.52 Å². The number of nitrogens with zero attached hydrogens (tertiary/aromatic N) is 2. The van der Waals surface area contributed by atoms with E-state index in [0.29, 0.717) is 18.6 Å². The van der Waals surface area contributed by atoms with Crippen LogP contribution in [0.2, 0.25) is 0 Å². The van der Waals surface area contributed by atoms with Crippen LogP contribution in [0.4, 0.5) is 0 Å². The molecule has 0 fully saturated rings. The Morgan fingerprint density at radius 1 is 1.31 bits per heavy atom. The molecular formula is C9H19N2OP. The third-order valence-corrected chi connectivity index (χ3v) is 2.34. The minimum absolute atomic E-state index is 0.352. The highest BCUT2D eigenvalue weighted by molar-refractivity contribution is 7.09. The molecule has 2 unspecified atom stereocenters. The third kappa shape index (κ3) is 4.57. The first-order chi connectivity index (χ1) is 6.02. The van der Waals surface area contributed by atoms with Crippen molar-refractivity contribution in [2.45, 2.75) is 45.9 Å². The molecule has 0 spiro atoms. The van der Waals surface area contributed by atoms with E-state index >= 15 is 0 Å². The van der Waals surface area contributed by atoms with Crippen LogP contribution >= 0.6 is 9.47 Å². The Morgan fingerprint density at radius 2 is 1.77 bits per heavy atom. The molecule has 0 saturated heterocycles. The lowest BCUT2D eigenvalue weighted by molar-refractivity contribution is 0.125. The summed E-state index contributed by atoms with van der Waals surface area (Å²) in [5, 5.41) is 8.72. The summed E-state index contributed by atoms with van der Waals surface area (Å²) in [6.07, 6.45) is -0.352. The lowest BCUT2D eigenvalue weighted by Crippen LogP contribution is -2.41. The van der Waals surface area contributed by atoms with Gasteiger partial charge in [-0.1, -0.05) is 0 Å². The minimum atomic E-state index is -0.352. The summed E-state index contributed by atoms with van der Waals surface area (Å²) < 4.78 is 4.94. The molecule has 76 valence electrons. The van der Waals surface area contributed by atoms with E-state index in [9.17, 15) is 0 Å². The van der Waals surface area contributed by atoms with Gasteiger partial charge in [0.2, 0.25) is 0 Å². The Hall–Kier alpha value is -0.160. The van der Waals surface area contributed by atoms with Crippen LogP contribution < -0.4 is 0 Å². The van der Waals surface area contributed by atoms with Gasteiger partial charge in [-0.15, -0.1) is 0 Å². The zero-order valence-corrected chi connectivity index (χ0v) is 9.97. The summed E-state index contributed by atoms with van der Waals surface area (Å²) in [5.74, 6) is 0. The molecule has 0 N–H and O–H groups in total. The highest BCUT2D eigenvalue weighted by Crippen LogP contribution is 2.08. The van der Waals surface area contributed by atoms with Gasteiger partial charge in [-0.25, -0.2) is 0 Å². The smallest absolute Gasteiger partial charge is 0.160 e. The maximum absolute atomic E-state index is 8.72. The molecule has 0 aromatic rings. The maximum atomic E-state index is 8.72. The first kappa shape index (κ1) is 12.8. The van der Waals surface area contributed by atoms with Gasteiger partial charge < -0.3 is 4.52 Å². The van der Waals surface area contributed by atoms with Gasteiger partial charge in [0.25, 0.3) is 0 Å². The Bertz CT molecular complexity index is 169. The second-order valence-corrected chi connectivity index (χ2v) is 3.91. The van der Waals surface area contributed by atoms with Gasteiger partial charge in [0, 0.05) is 28.1 Å². The molecule has 0 aliphatic heterocycles. The van der Waals surface area contributed by atoms with Crippen LogP contribution in [-0.4, -0.2) is 29.6 Å². The molecule has 0 rings (SSSR count).